The number of hydrogen-bond donors (Lipinski definition) is 2. The molecule has 0 aromatic heterocycles. The summed E-state index contributed by atoms with van der Waals surface area (Å²) in [5, 5.41) is -0.462. The first-order valence-electron chi connectivity index (χ1n) is 8.57. The molecule has 7 nitrogen and oxygen atoms in total. The summed E-state index contributed by atoms with van der Waals surface area (Å²) in [6.07, 6.45) is 0.405. The van der Waals surface area contributed by atoms with Crippen LogP contribution in [0, 0.1) is 5.92 Å². The molecule has 24 heavy (non-hydrogen) atoms. The number of nitrogens with two attached hydrogens (primary N) is 2. The highest BCUT2D eigenvalue weighted by Crippen LogP contribution is 2.25. The maximum Gasteiger partial charge on any atom is 0.240 e. The molecule has 4 N–H and O–H groups in total. The third kappa shape index (κ3) is 4.25. The molecule has 1 unspecified atom stereocenters. The van der Waals surface area contributed by atoms with E-state index in [-0.39, 0.29) is 24.8 Å². The molecule has 0 bridgehead atoms. The zero-order valence-corrected chi connectivity index (χ0v) is 15.2. The Morgan fingerprint density at radius 2 is 2.00 bits per heavy atom. The highest BCUT2D eigenvalue weighted by molar-refractivity contribution is 7.89. The Balaban J connectivity index is 1.94. The van der Waals surface area contributed by atoms with Gasteiger partial charge in [-0.2, -0.15) is 0 Å². The lowest BCUT2D eigenvalue weighted by atomic mass is 9.92. The lowest BCUT2D eigenvalue weighted by Crippen LogP contribution is -2.51. The number of amides is 1. The van der Waals surface area contributed by atoms with Crippen molar-refractivity contribution in [3.8, 4) is 0 Å². The third-order valence-electron chi connectivity index (χ3n) is 4.92. The largest absolute Gasteiger partial charge is 0.323 e. The van der Waals surface area contributed by atoms with Gasteiger partial charge in [0.15, 0.2) is 0 Å². The van der Waals surface area contributed by atoms with E-state index in [4.69, 9.17) is 11.5 Å². The molecular weight excluding hydrogens is 335 g/mol. The number of carbonyl (C=O) groups excluding carboxylic acids is 1. The number of rotatable bonds is 5. The molecule has 2 aliphatic heterocycles. The van der Waals surface area contributed by atoms with Crippen molar-refractivity contribution in [3.05, 3.63) is 0 Å². The second-order valence-corrected chi connectivity index (χ2v) is 9.68. The minimum absolute atomic E-state index is 0.00772. The van der Waals surface area contributed by atoms with Crippen LogP contribution in [-0.4, -0.2) is 66.8 Å². The Morgan fingerprint density at radius 3 is 2.54 bits per heavy atom. The van der Waals surface area contributed by atoms with Gasteiger partial charge in [0.1, 0.15) is 6.17 Å². The first kappa shape index (κ1) is 19.6. The van der Waals surface area contributed by atoms with Crippen molar-refractivity contribution in [1.29, 1.82) is 0 Å². The summed E-state index contributed by atoms with van der Waals surface area (Å²) in [6, 6.07) is -0.770. The van der Waals surface area contributed by atoms with Crippen LogP contribution in [0.4, 0.5) is 4.39 Å². The van der Waals surface area contributed by atoms with E-state index in [2.05, 4.69) is 0 Å². The van der Waals surface area contributed by atoms with Gasteiger partial charge >= 0.3 is 0 Å². The number of likely N-dealkylation sites (tertiary alicyclic amines) is 1. The standard InChI is InChI=1S/C15H29FN4O3S/c1-10(2)24(22,23)19-5-3-4-11(8-19)6-13(17)15(21)20-9-12(16)7-14(20)18/h10-14H,3-9,17-18H2,1-2H3/t11?,12-,13-,14-/m0/s1. The van der Waals surface area contributed by atoms with Gasteiger partial charge in [0.25, 0.3) is 0 Å². The predicted octanol–water partition coefficient (Wildman–Crippen LogP) is 0.00920. The maximum atomic E-state index is 13.4. The summed E-state index contributed by atoms with van der Waals surface area (Å²) in [7, 11) is -3.29. The molecule has 0 spiro atoms. The van der Waals surface area contributed by atoms with Crippen LogP contribution >= 0.6 is 0 Å². The third-order valence-corrected chi connectivity index (χ3v) is 7.16. The van der Waals surface area contributed by atoms with Crippen LogP contribution in [0.1, 0.15) is 39.5 Å². The second-order valence-electron chi connectivity index (χ2n) is 7.19. The van der Waals surface area contributed by atoms with Crippen molar-refractivity contribution in [3.63, 3.8) is 0 Å². The molecule has 0 aliphatic carbocycles. The number of piperidine rings is 1. The van der Waals surface area contributed by atoms with Crippen LogP contribution in [-0.2, 0) is 14.8 Å². The number of carbonyl (C=O) groups is 1. The summed E-state index contributed by atoms with van der Waals surface area (Å²) in [5.41, 5.74) is 11.8. The van der Waals surface area contributed by atoms with E-state index in [1.54, 1.807) is 13.8 Å². The van der Waals surface area contributed by atoms with Gasteiger partial charge in [-0.15, -0.1) is 0 Å². The van der Waals surface area contributed by atoms with E-state index in [1.165, 1.54) is 9.21 Å². The Labute approximate surface area is 143 Å². The smallest absolute Gasteiger partial charge is 0.240 e. The molecule has 140 valence electrons. The van der Waals surface area contributed by atoms with E-state index in [9.17, 15) is 17.6 Å². The van der Waals surface area contributed by atoms with Gasteiger partial charge in [-0.25, -0.2) is 17.1 Å². The summed E-state index contributed by atoms with van der Waals surface area (Å²) < 4.78 is 39.5. The molecule has 2 aliphatic rings. The first-order valence-corrected chi connectivity index (χ1v) is 10.1. The Morgan fingerprint density at radius 1 is 1.33 bits per heavy atom. The quantitative estimate of drug-likeness (QED) is 0.714. The van der Waals surface area contributed by atoms with Gasteiger partial charge in [0, 0.05) is 19.5 Å². The van der Waals surface area contributed by atoms with E-state index in [0.717, 1.165) is 12.8 Å². The van der Waals surface area contributed by atoms with Crippen LogP contribution in [0.5, 0.6) is 0 Å². The fourth-order valence-electron chi connectivity index (χ4n) is 3.49. The topological polar surface area (TPSA) is 110 Å². The maximum absolute atomic E-state index is 13.4. The van der Waals surface area contributed by atoms with Crippen molar-refractivity contribution in [2.75, 3.05) is 19.6 Å². The molecule has 1 amide bonds. The lowest BCUT2D eigenvalue weighted by Gasteiger charge is -2.34. The van der Waals surface area contributed by atoms with Crippen molar-refractivity contribution in [2.45, 2.75) is 63.2 Å². The van der Waals surface area contributed by atoms with Crippen molar-refractivity contribution in [1.82, 2.24) is 9.21 Å². The Hall–Kier alpha value is -0.770. The fraction of sp³-hybridized carbons (Fsp3) is 0.933. The van der Waals surface area contributed by atoms with Crippen LogP contribution in [0.15, 0.2) is 0 Å². The predicted molar refractivity (Wildman–Crippen MR) is 90.1 cm³/mol. The number of hydrogen-bond acceptors (Lipinski definition) is 5. The molecule has 2 rings (SSSR count). The van der Waals surface area contributed by atoms with Gasteiger partial charge in [-0.05, 0) is 39.0 Å². The molecular formula is C15H29FN4O3S. The highest BCUT2D eigenvalue weighted by Gasteiger charge is 2.37. The highest BCUT2D eigenvalue weighted by atomic mass is 32.2. The minimum Gasteiger partial charge on any atom is -0.323 e. The van der Waals surface area contributed by atoms with Crippen molar-refractivity contribution in [2.24, 2.45) is 17.4 Å². The van der Waals surface area contributed by atoms with Gasteiger partial charge < -0.3 is 16.4 Å². The Kier molecular flexibility index (Phi) is 6.22. The normalized spacial score (nSPS) is 30.8. The van der Waals surface area contributed by atoms with Crippen molar-refractivity contribution < 1.29 is 17.6 Å². The van der Waals surface area contributed by atoms with Crippen LogP contribution in [0.3, 0.4) is 0 Å². The van der Waals surface area contributed by atoms with E-state index in [1.807, 2.05) is 0 Å². The molecule has 2 heterocycles. The number of halogens is 1. The monoisotopic (exact) mass is 364 g/mol. The lowest BCUT2D eigenvalue weighted by molar-refractivity contribution is -0.134. The van der Waals surface area contributed by atoms with E-state index < -0.39 is 33.7 Å². The van der Waals surface area contributed by atoms with Crippen molar-refractivity contribution >= 4 is 15.9 Å². The summed E-state index contributed by atoms with van der Waals surface area (Å²) in [4.78, 5) is 13.7. The molecule has 0 radical (unpaired) electrons. The summed E-state index contributed by atoms with van der Waals surface area (Å²) >= 11 is 0. The SMILES string of the molecule is CC(C)S(=O)(=O)N1CCCC(C[C@H](N)C(=O)N2C[C@@H](F)C[C@H]2N)C1. The van der Waals surface area contributed by atoms with Gasteiger partial charge in [-0.3, -0.25) is 4.79 Å². The number of alkyl halides is 1. The zero-order valence-electron chi connectivity index (χ0n) is 14.4. The number of sulfonamides is 1. The molecule has 2 saturated heterocycles. The first-order chi connectivity index (χ1) is 11.1. The van der Waals surface area contributed by atoms with Crippen LogP contribution < -0.4 is 11.5 Å². The van der Waals surface area contributed by atoms with Gasteiger partial charge in [-0.1, -0.05) is 0 Å². The molecule has 0 aromatic rings. The molecule has 0 aromatic carbocycles. The average Bonchev–Trinajstić information content (AvgIpc) is 2.85. The molecule has 9 heteroatoms. The van der Waals surface area contributed by atoms with Crippen LogP contribution in [0.2, 0.25) is 0 Å². The summed E-state index contributed by atoms with van der Waals surface area (Å²) in [6.45, 7) is 4.22. The molecule has 2 fully saturated rings. The number of nitrogens with zero attached hydrogens (tertiary/aromatic N) is 2. The minimum atomic E-state index is -3.29. The van der Waals surface area contributed by atoms with Crippen LogP contribution in [0.25, 0.3) is 0 Å². The van der Waals surface area contributed by atoms with E-state index in [0.29, 0.717) is 19.5 Å². The molecule has 4 atom stereocenters. The Bertz CT molecular complexity index is 557. The zero-order chi connectivity index (χ0) is 18.1. The molecule has 0 saturated carbocycles. The van der Waals surface area contributed by atoms with Gasteiger partial charge in [0.05, 0.1) is 24.0 Å². The summed E-state index contributed by atoms with van der Waals surface area (Å²) in [5.74, 6) is -0.308. The fourth-order valence-corrected chi connectivity index (χ4v) is 4.89. The van der Waals surface area contributed by atoms with E-state index >= 15 is 0 Å². The second kappa shape index (κ2) is 7.63. The average molecular weight is 364 g/mol. The van der Waals surface area contributed by atoms with Gasteiger partial charge in [0.2, 0.25) is 15.9 Å².